The van der Waals surface area contributed by atoms with Gasteiger partial charge in [-0.3, -0.25) is 0 Å². The first kappa shape index (κ1) is 28.9. The molecule has 0 saturated carbocycles. The fourth-order valence-electron chi connectivity index (χ4n) is 3.88. The van der Waals surface area contributed by atoms with Gasteiger partial charge < -0.3 is 9.47 Å². The summed E-state index contributed by atoms with van der Waals surface area (Å²) in [7, 11) is 0. The molecule has 0 atom stereocenters. The molecule has 0 unspecified atom stereocenters. The highest BCUT2D eigenvalue weighted by molar-refractivity contribution is 4.49. The third kappa shape index (κ3) is 27.9. The molecule has 0 saturated heterocycles. The average molecular weight is 413 g/mol. The van der Waals surface area contributed by atoms with Crippen molar-refractivity contribution in [1.29, 1.82) is 0 Å². The van der Waals surface area contributed by atoms with Crippen LogP contribution >= 0.6 is 0 Å². The average Bonchev–Trinajstić information content (AvgIpc) is 2.74. The third-order valence-corrected chi connectivity index (χ3v) is 5.91. The molecule has 0 heterocycles. The van der Waals surface area contributed by atoms with E-state index >= 15 is 0 Å². The Balaban J connectivity index is 2.97. The van der Waals surface area contributed by atoms with Crippen LogP contribution in [0.15, 0.2) is 0 Å². The van der Waals surface area contributed by atoms with Crippen LogP contribution in [0, 0.1) is 0 Å². The lowest BCUT2D eigenvalue weighted by molar-refractivity contribution is 0.0448. The second-order valence-corrected chi connectivity index (χ2v) is 8.94. The molecule has 0 fully saturated rings. The van der Waals surface area contributed by atoms with Gasteiger partial charge in [-0.25, -0.2) is 0 Å². The monoisotopic (exact) mass is 412 g/mol. The second-order valence-electron chi connectivity index (χ2n) is 8.94. The van der Waals surface area contributed by atoms with E-state index in [0.717, 1.165) is 26.4 Å². The van der Waals surface area contributed by atoms with Crippen molar-refractivity contribution in [2.24, 2.45) is 0 Å². The van der Waals surface area contributed by atoms with Crippen molar-refractivity contribution in [2.75, 3.05) is 26.4 Å². The molecule has 0 aromatic heterocycles. The summed E-state index contributed by atoms with van der Waals surface area (Å²) in [5, 5.41) is 0. The smallest absolute Gasteiger partial charge is 0.0700 e. The van der Waals surface area contributed by atoms with Crippen LogP contribution in [0.1, 0.15) is 149 Å². The van der Waals surface area contributed by atoms with Crippen molar-refractivity contribution < 1.29 is 9.47 Å². The van der Waals surface area contributed by atoms with Crippen molar-refractivity contribution in [3.05, 3.63) is 0 Å². The summed E-state index contributed by atoms with van der Waals surface area (Å²) in [6.07, 6.45) is 29.2. The lowest BCUT2D eigenvalue weighted by Crippen LogP contribution is -2.06. The van der Waals surface area contributed by atoms with Crippen molar-refractivity contribution >= 4 is 0 Å². The van der Waals surface area contributed by atoms with Gasteiger partial charge in [-0.1, -0.05) is 136 Å². The molecule has 29 heavy (non-hydrogen) atoms. The van der Waals surface area contributed by atoms with Gasteiger partial charge in [0.25, 0.3) is 0 Å². The summed E-state index contributed by atoms with van der Waals surface area (Å²) in [5.41, 5.74) is 0. The van der Waals surface area contributed by atoms with Crippen LogP contribution in [0.4, 0.5) is 0 Å². The van der Waals surface area contributed by atoms with Crippen LogP contribution in [0.25, 0.3) is 0 Å². The van der Waals surface area contributed by atoms with Crippen LogP contribution in [-0.2, 0) is 9.47 Å². The van der Waals surface area contributed by atoms with E-state index in [1.54, 1.807) is 0 Å². The molecule has 2 nitrogen and oxygen atoms in total. The predicted octanol–water partition coefficient (Wildman–Crippen LogP) is 9.25. The summed E-state index contributed by atoms with van der Waals surface area (Å²) in [6, 6.07) is 0. The predicted molar refractivity (Wildman–Crippen MR) is 130 cm³/mol. The summed E-state index contributed by atoms with van der Waals surface area (Å²) < 4.78 is 11.4. The minimum absolute atomic E-state index is 0.773. The fourth-order valence-corrected chi connectivity index (χ4v) is 3.88. The molecule has 0 amide bonds. The van der Waals surface area contributed by atoms with Gasteiger partial charge in [0.05, 0.1) is 13.2 Å². The second kappa shape index (κ2) is 27.9. The SMILES string of the molecule is CCCCCCCCCCCCCOCCOCCCCCCCCCCCC. The minimum Gasteiger partial charge on any atom is -0.379 e. The molecule has 0 rings (SSSR count). The largest absolute Gasteiger partial charge is 0.379 e. The maximum absolute atomic E-state index is 5.69. The van der Waals surface area contributed by atoms with Gasteiger partial charge in [-0.05, 0) is 12.8 Å². The molecule has 0 spiro atoms. The molecule has 0 aromatic carbocycles. The number of hydrogen-bond donors (Lipinski definition) is 0. The molecule has 0 aliphatic rings. The lowest BCUT2D eigenvalue weighted by atomic mass is 10.1. The van der Waals surface area contributed by atoms with Crippen molar-refractivity contribution in [3.63, 3.8) is 0 Å². The Bertz CT molecular complexity index is 241. The highest BCUT2D eigenvalue weighted by atomic mass is 16.5. The quantitative estimate of drug-likeness (QED) is 0.132. The summed E-state index contributed by atoms with van der Waals surface area (Å²) in [5.74, 6) is 0. The van der Waals surface area contributed by atoms with E-state index in [1.165, 1.54) is 135 Å². The van der Waals surface area contributed by atoms with Crippen LogP contribution in [0.5, 0.6) is 0 Å². The van der Waals surface area contributed by atoms with E-state index in [4.69, 9.17) is 9.47 Å². The van der Waals surface area contributed by atoms with Gasteiger partial charge in [0.2, 0.25) is 0 Å². The van der Waals surface area contributed by atoms with E-state index in [0.29, 0.717) is 0 Å². The van der Waals surface area contributed by atoms with Crippen LogP contribution in [0.2, 0.25) is 0 Å². The van der Waals surface area contributed by atoms with Gasteiger partial charge in [0.15, 0.2) is 0 Å². The normalized spacial score (nSPS) is 11.4. The van der Waals surface area contributed by atoms with Gasteiger partial charge in [0, 0.05) is 13.2 Å². The fraction of sp³-hybridized carbons (Fsp3) is 1.00. The standard InChI is InChI=1S/C27H56O2/c1-3-5-7-9-11-13-15-17-19-21-23-25-29-27-26-28-24-22-20-18-16-14-12-10-8-6-4-2/h3-27H2,1-2H3. The van der Waals surface area contributed by atoms with Crippen LogP contribution in [-0.4, -0.2) is 26.4 Å². The molecule has 0 aromatic rings. The number of unbranched alkanes of at least 4 members (excludes halogenated alkanes) is 19. The Morgan fingerprint density at radius 2 is 0.517 bits per heavy atom. The number of hydrogen-bond acceptors (Lipinski definition) is 2. The Kier molecular flexibility index (Phi) is 27.8. The van der Waals surface area contributed by atoms with Crippen molar-refractivity contribution in [2.45, 2.75) is 149 Å². The van der Waals surface area contributed by atoms with Crippen molar-refractivity contribution in [3.8, 4) is 0 Å². The molecule has 2 heteroatoms. The van der Waals surface area contributed by atoms with Crippen LogP contribution in [0.3, 0.4) is 0 Å². The van der Waals surface area contributed by atoms with Gasteiger partial charge in [-0.15, -0.1) is 0 Å². The van der Waals surface area contributed by atoms with E-state index in [1.807, 2.05) is 0 Å². The molecule has 0 N–H and O–H groups in total. The first-order valence-electron chi connectivity index (χ1n) is 13.6. The van der Waals surface area contributed by atoms with Gasteiger partial charge >= 0.3 is 0 Å². The Labute approximate surface area is 184 Å². The zero-order valence-corrected chi connectivity index (χ0v) is 20.5. The molecule has 0 aliphatic heterocycles. The van der Waals surface area contributed by atoms with E-state index in [9.17, 15) is 0 Å². The number of rotatable bonds is 26. The Morgan fingerprint density at radius 3 is 0.793 bits per heavy atom. The van der Waals surface area contributed by atoms with E-state index < -0.39 is 0 Å². The molecule has 0 radical (unpaired) electrons. The third-order valence-electron chi connectivity index (χ3n) is 5.91. The summed E-state index contributed by atoms with van der Waals surface area (Å²) >= 11 is 0. The topological polar surface area (TPSA) is 18.5 Å². The molecule has 0 aliphatic carbocycles. The Hall–Kier alpha value is -0.0800. The zero-order chi connectivity index (χ0) is 21.1. The highest BCUT2D eigenvalue weighted by Gasteiger charge is 1.95. The molecular formula is C27H56O2. The zero-order valence-electron chi connectivity index (χ0n) is 20.5. The minimum atomic E-state index is 0.773. The number of ether oxygens (including phenoxy) is 2. The van der Waals surface area contributed by atoms with E-state index in [-0.39, 0.29) is 0 Å². The summed E-state index contributed by atoms with van der Waals surface area (Å²) in [4.78, 5) is 0. The van der Waals surface area contributed by atoms with Gasteiger partial charge in [0.1, 0.15) is 0 Å². The lowest BCUT2D eigenvalue weighted by Gasteiger charge is -2.06. The Morgan fingerprint density at radius 1 is 0.276 bits per heavy atom. The first-order chi connectivity index (χ1) is 14.4. The van der Waals surface area contributed by atoms with E-state index in [2.05, 4.69) is 13.8 Å². The molecule has 0 bridgehead atoms. The highest BCUT2D eigenvalue weighted by Crippen LogP contribution is 2.12. The molecular weight excluding hydrogens is 356 g/mol. The molecule has 176 valence electrons. The van der Waals surface area contributed by atoms with Crippen LogP contribution < -0.4 is 0 Å². The summed E-state index contributed by atoms with van der Waals surface area (Å²) in [6.45, 7) is 7.95. The maximum atomic E-state index is 5.69. The maximum Gasteiger partial charge on any atom is 0.0700 e. The first-order valence-corrected chi connectivity index (χ1v) is 13.6. The van der Waals surface area contributed by atoms with Crippen molar-refractivity contribution in [1.82, 2.24) is 0 Å². The van der Waals surface area contributed by atoms with Gasteiger partial charge in [-0.2, -0.15) is 0 Å².